The monoisotopic (exact) mass is 454 g/mol. The molecule has 3 rings (SSSR count). The normalized spacial score (nSPS) is 10.8. The predicted octanol–water partition coefficient (Wildman–Crippen LogP) is 3.37. The molecular weight excluding hydrogens is 432 g/mol. The summed E-state index contributed by atoms with van der Waals surface area (Å²) >= 11 is 0. The Morgan fingerprint density at radius 3 is 2.16 bits per heavy atom. The fraction of sp³-hybridized carbons (Fsp3) is 0.130. The SMILES string of the molecule is COc1cccc(NC(=O)COc2ccc(C(=O)Nc3ccc(S(C)(=O)=O)cc3)cc2)c1. The molecule has 0 unspecified atom stereocenters. The molecule has 0 fully saturated rings. The number of benzene rings is 3. The van der Waals surface area contributed by atoms with E-state index in [9.17, 15) is 18.0 Å². The molecule has 2 amide bonds. The Labute approximate surface area is 186 Å². The standard InChI is InChI=1S/C23H22N2O6S/c1-30-20-5-3-4-18(14-20)24-22(26)15-31-19-10-6-16(7-11-19)23(27)25-17-8-12-21(13-9-17)32(2,28)29/h3-14H,15H2,1-2H3,(H,24,26)(H,25,27). The van der Waals surface area contributed by atoms with Crippen LogP contribution >= 0.6 is 0 Å². The van der Waals surface area contributed by atoms with Gasteiger partial charge in [-0.15, -0.1) is 0 Å². The Morgan fingerprint density at radius 1 is 0.844 bits per heavy atom. The average molecular weight is 455 g/mol. The number of hydrogen-bond acceptors (Lipinski definition) is 6. The number of carbonyl (C=O) groups is 2. The first-order valence-electron chi connectivity index (χ1n) is 9.53. The van der Waals surface area contributed by atoms with Gasteiger partial charge in [-0.1, -0.05) is 6.07 Å². The third kappa shape index (κ3) is 6.32. The molecule has 166 valence electrons. The van der Waals surface area contributed by atoms with Gasteiger partial charge in [-0.25, -0.2) is 8.42 Å². The van der Waals surface area contributed by atoms with Crippen molar-refractivity contribution in [2.24, 2.45) is 0 Å². The van der Waals surface area contributed by atoms with Crippen molar-refractivity contribution in [1.82, 2.24) is 0 Å². The molecule has 0 saturated carbocycles. The lowest BCUT2D eigenvalue weighted by molar-refractivity contribution is -0.118. The fourth-order valence-electron chi connectivity index (χ4n) is 2.74. The largest absolute Gasteiger partial charge is 0.497 e. The van der Waals surface area contributed by atoms with Gasteiger partial charge < -0.3 is 20.1 Å². The summed E-state index contributed by atoms with van der Waals surface area (Å²) < 4.78 is 33.6. The van der Waals surface area contributed by atoms with Crippen LogP contribution in [0.25, 0.3) is 0 Å². The van der Waals surface area contributed by atoms with Crippen LogP contribution in [0.3, 0.4) is 0 Å². The maximum Gasteiger partial charge on any atom is 0.262 e. The van der Waals surface area contributed by atoms with Crippen molar-refractivity contribution in [3.63, 3.8) is 0 Å². The quantitative estimate of drug-likeness (QED) is 0.540. The van der Waals surface area contributed by atoms with Crippen LogP contribution in [0.1, 0.15) is 10.4 Å². The van der Waals surface area contributed by atoms with E-state index in [2.05, 4.69) is 10.6 Å². The van der Waals surface area contributed by atoms with E-state index in [1.807, 2.05) is 0 Å². The zero-order valence-electron chi connectivity index (χ0n) is 17.5. The van der Waals surface area contributed by atoms with Crippen LogP contribution < -0.4 is 20.1 Å². The van der Waals surface area contributed by atoms with Gasteiger partial charge in [0, 0.05) is 29.3 Å². The maximum absolute atomic E-state index is 12.4. The summed E-state index contributed by atoms with van der Waals surface area (Å²) in [6, 6.07) is 19.2. The number of amides is 2. The van der Waals surface area contributed by atoms with Crippen LogP contribution in [0.2, 0.25) is 0 Å². The maximum atomic E-state index is 12.4. The molecule has 0 atom stereocenters. The molecule has 3 aromatic carbocycles. The average Bonchev–Trinajstić information content (AvgIpc) is 2.78. The number of anilines is 2. The Morgan fingerprint density at radius 2 is 1.53 bits per heavy atom. The van der Waals surface area contributed by atoms with Crippen molar-refractivity contribution in [1.29, 1.82) is 0 Å². The van der Waals surface area contributed by atoms with Crippen molar-refractivity contribution < 1.29 is 27.5 Å². The molecule has 0 aliphatic rings. The Hall–Kier alpha value is -3.85. The molecule has 0 aliphatic carbocycles. The van der Waals surface area contributed by atoms with Gasteiger partial charge in [-0.05, 0) is 60.7 Å². The Kier molecular flexibility index (Phi) is 7.11. The molecule has 8 nitrogen and oxygen atoms in total. The number of sulfone groups is 1. The molecule has 2 N–H and O–H groups in total. The van der Waals surface area contributed by atoms with Crippen molar-refractivity contribution in [3.8, 4) is 11.5 Å². The van der Waals surface area contributed by atoms with Crippen molar-refractivity contribution in [3.05, 3.63) is 78.4 Å². The zero-order valence-corrected chi connectivity index (χ0v) is 18.3. The third-order valence-electron chi connectivity index (χ3n) is 4.38. The van der Waals surface area contributed by atoms with E-state index >= 15 is 0 Å². The summed E-state index contributed by atoms with van der Waals surface area (Å²) in [6.07, 6.45) is 1.12. The Balaban J connectivity index is 1.52. The second kappa shape index (κ2) is 9.97. The van der Waals surface area contributed by atoms with E-state index in [4.69, 9.17) is 9.47 Å². The summed E-state index contributed by atoms with van der Waals surface area (Å²) in [6.45, 7) is -0.199. The number of rotatable bonds is 8. The molecular formula is C23H22N2O6S. The van der Waals surface area contributed by atoms with Crippen LogP contribution in [0.4, 0.5) is 11.4 Å². The van der Waals surface area contributed by atoms with Gasteiger partial charge in [0.15, 0.2) is 16.4 Å². The highest BCUT2D eigenvalue weighted by molar-refractivity contribution is 7.90. The molecule has 0 aliphatic heterocycles. The number of nitrogens with one attached hydrogen (secondary N) is 2. The van der Waals surface area contributed by atoms with Gasteiger partial charge in [-0.3, -0.25) is 9.59 Å². The first kappa shape index (κ1) is 22.8. The second-order valence-corrected chi connectivity index (χ2v) is 8.86. The minimum Gasteiger partial charge on any atom is -0.497 e. The number of carbonyl (C=O) groups excluding carboxylic acids is 2. The van der Waals surface area contributed by atoms with Gasteiger partial charge >= 0.3 is 0 Å². The Bertz CT molecular complexity index is 1210. The zero-order chi connectivity index (χ0) is 23.1. The lowest BCUT2D eigenvalue weighted by Crippen LogP contribution is -2.20. The van der Waals surface area contributed by atoms with Gasteiger partial charge in [0.05, 0.1) is 12.0 Å². The van der Waals surface area contributed by atoms with Crippen LogP contribution in [-0.2, 0) is 14.6 Å². The fourth-order valence-corrected chi connectivity index (χ4v) is 3.37. The molecule has 0 bridgehead atoms. The minimum absolute atomic E-state index is 0.174. The smallest absolute Gasteiger partial charge is 0.262 e. The molecule has 0 spiro atoms. The first-order chi connectivity index (χ1) is 15.2. The van der Waals surface area contributed by atoms with Crippen LogP contribution in [0.15, 0.2) is 77.7 Å². The van der Waals surface area contributed by atoms with Crippen LogP contribution in [0.5, 0.6) is 11.5 Å². The van der Waals surface area contributed by atoms with Crippen molar-refractivity contribution >= 4 is 33.0 Å². The molecule has 0 saturated heterocycles. The van der Waals surface area contributed by atoms with Gasteiger partial charge in [-0.2, -0.15) is 0 Å². The molecule has 0 radical (unpaired) electrons. The third-order valence-corrected chi connectivity index (χ3v) is 5.51. The molecule has 9 heteroatoms. The van der Waals surface area contributed by atoms with Gasteiger partial charge in [0.2, 0.25) is 0 Å². The lowest BCUT2D eigenvalue weighted by atomic mass is 10.2. The van der Waals surface area contributed by atoms with Crippen molar-refractivity contribution in [2.45, 2.75) is 4.90 Å². The highest BCUT2D eigenvalue weighted by Gasteiger charge is 2.10. The van der Waals surface area contributed by atoms with Crippen molar-refractivity contribution in [2.75, 3.05) is 30.6 Å². The minimum atomic E-state index is -3.30. The van der Waals surface area contributed by atoms with E-state index in [0.29, 0.717) is 28.4 Å². The number of hydrogen-bond donors (Lipinski definition) is 2. The summed E-state index contributed by atoms with van der Waals surface area (Å²) in [7, 11) is -1.75. The molecule has 32 heavy (non-hydrogen) atoms. The van der Waals surface area contributed by atoms with Gasteiger partial charge in [0.25, 0.3) is 11.8 Å². The topological polar surface area (TPSA) is 111 Å². The van der Waals surface area contributed by atoms with E-state index in [1.54, 1.807) is 55.6 Å². The van der Waals surface area contributed by atoms with E-state index in [0.717, 1.165) is 6.26 Å². The van der Waals surface area contributed by atoms with Crippen LogP contribution in [-0.4, -0.2) is 40.2 Å². The van der Waals surface area contributed by atoms with E-state index < -0.39 is 9.84 Å². The molecule has 3 aromatic rings. The number of methoxy groups -OCH3 is 1. The predicted molar refractivity (Wildman–Crippen MR) is 121 cm³/mol. The molecule has 0 aromatic heterocycles. The van der Waals surface area contributed by atoms with E-state index in [1.165, 1.54) is 24.3 Å². The summed E-state index contributed by atoms with van der Waals surface area (Å²) in [5, 5.41) is 5.41. The first-order valence-corrected chi connectivity index (χ1v) is 11.4. The summed E-state index contributed by atoms with van der Waals surface area (Å²) in [5.74, 6) is 0.362. The summed E-state index contributed by atoms with van der Waals surface area (Å²) in [4.78, 5) is 24.6. The van der Waals surface area contributed by atoms with E-state index in [-0.39, 0.29) is 23.3 Å². The van der Waals surface area contributed by atoms with Crippen LogP contribution in [0, 0.1) is 0 Å². The van der Waals surface area contributed by atoms with Gasteiger partial charge in [0.1, 0.15) is 11.5 Å². The molecule has 0 heterocycles. The highest BCUT2D eigenvalue weighted by Crippen LogP contribution is 2.18. The number of ether oxygens (including phenoxy) is 2. The summed E-state index contributed by atoms with van der Waals surface area (Å²) in [5.41, 5.74) is 1.44. The highest BCUT2D eigenvalue weighted by atomic mass is 32.2. The lowest BCUT2D eigenvalue weighted by Gasteiger charge is -2.09. The second-order valence-electron chi connectivity index (χ2n) is 6.84.